The van der Waals surface area contributed by atoms with Crippen LogP contribution >= 0.6 is 15.9 Å². The van der Waals surface area contributed by atoms with E-state index in [4.69, 9.17) is 47.9 Å². The summed E-state index contributed by atoms with van der Waals surface area (Å²) in [5, 5.41) is 2.10. The molecule has 10 nitrogen and oxygen atoms in total. The van der Waals surface area contributed by atoms with Crippen LogP contribution in [0.5, 0.6) is 0 Å². The van der Waals surface area contributed by atoms with Crippen LogP contribution in [0.3, 0.4) is 0 Å². The fourth-order valence-electron chi connectivity index (χ4n) is 11.9. The summed E-state index contributed by atoms with van der Waals surface area (Å²) in [6.45, 7) is 24.5. The maximum absolute atomic E-state index is 6.24. The first kappa shape index (κ1) is 66.0. The van der Waals surface area contributed by atoms with E-state index in [-0.39, 0.29) is 40.7 Å². The van der Waals surface area contributed by atoms with Crippen molar-refractivity contribution in [3.63, 3.8) is 0 Å². The Kier molecular flexibility index (Phi) is 18.1. The lowest BCUT2D eigenvalue weighted by Gasteiger charge is -2.32. The predicted octanol–water partition coefficient (Wildman–Crippen LogP) is 19.9. The van der Waals surface area contributed by atoms with Crippen molar-refractivity contribution in [3.05, 3.63) is 259 Å². The van der Waals surface area contributed by atoms with Gasteiger partial charge in [0.2, 0.25) is 0 Å². The number of halogens is 1. The van der Waals surface area contributed by atoms with Gasteiger partial charge in [-0.25, -0.2) is 19.9 Å². The van der Waals surface area contributed by atoms with E-state index in [9.17, 15) is 0 Å². The normalized spacial score (nSPS) is 17.0. The van der Waals surface area contributed by atoms with Gasteiger partial charge in [-0.1, -0.05) is 222 Å². The van der Waals surface area contributed by atoms with Gasteiger partial charge < -0.3 is 27.9 Å². The van der Waals surface area contributed by atoms with Crippen LogP contribution in [-0.2, 0) is 27.9 Å². The third-order valence-corrected chi connectivity index (χ3v) is 20.2. The Morgan fingerprint density at radius 1 is 0.260 bits per heavy atom. The summed E-state index contributed by atoms with van der Waals surface area (Å²) >= 11 is 3.52. The molecule has 0 bridgehead atoms. The Hall–Kier alpha value is -8.69. The standard InChI is InChI=1S/C38H33BN2O2.C32H21BrN2.C12H24B2O4/c1-37(2)38(3,4)43-39(42-37)32-22-20-26(21-23-32)28-14-10-15-29(24-28)30-16-11-17-31(25-30)36-40-34-19-9-8-18-33(34)35(41-36)27-12-6-5-7-13-27;33-28-18-16-22(17-19-28)24-10-6-11-25(20-24)26-12-7-13-27(21-26)32-34-30-15-5-4-14-29(30)31(35-32)23-8-2-1-3-9-23;1-9(2)10(3,4)16-13(15-9)14-17-11(5,6)12(7,8)18-14/h5-25H,1-4H3;1-21H;1-8H3. The second-order valence-corrected chi connectivity index (χ2v) is 28.8. The van der Waals surface area contributed by atoms with Crippen LogP contribution < -0.4 is 5.46 Å². The van der Waals surface area contributed by atoms with Crippen LogP contribution in [0.15, 0.2) is 259 Å². The molecule has 0 amide bonds. The number of aromatic nitrogens is 4. The summed E-state index contributed by atoms with van der Waals surface area (Å²) in [5.74, 6) is 1.45. The van der Waals surface area contributed by atoms with E-state index in [1.54, 1.807) is 0 Å². The number of hydrogen-bond acceptors (Lipinski definition) is 10. The number of benzene rings is 10. The molecule has 12 aromatic rings. The second-order valence-electron chi connectivity index (χ2n) is 27.8. The average molecular weight is 1330 g/mol. The van der Waals surface area contributed by atoms with Gasteiger partial charge in [-0.3, -0.25) is 0 Å². The maximum atomic E-state index is 6.24. The molecule has 15 rings (SSSR count). The number of para-hydroxylation sites is 2. The molecule has 0 unspecified atom stereocenters. The molecular weight excluding hydrogens is 1250 g/mol. The molecule has 2 aromatic heterocycles. The summed E-state index contributed by atoms with van der Waals surface area (Å²) in [7, 11) is -1.32. The lowest BCUT2D eigenvalue weighted by atomic mass is 9.49. The highest BCUT2D eigenvalue weighted by atomic mass is 79.9. The lowest BCUT2D eigenvalue weighted by molar-refractivity contribution is 0.00578. The van der Waals surface area contributed by atoms with Crippen molar-refractivity contribution in [1.82, 2.24) is 19.9 Å². The fraction of sp³-hybridized carbons (Fsp3) is 0.220. The topological polar surface area (TPSA) is 107 Å². The van der Waals surface area contributed by atoms with Gasteiger partial charge in [0.05, 0.1) is 56.0 Å². The molecule has 0 radical (unpaired) electrons. The number of nitrogens with zero attached hydrogens (tertiary/aromatic N) is 4. The number of hydrogen-bond donors (Lipinski definition) is 0. The Morgan fingerprint density at radius 2 is 0.542 bits per heavy atom. The first-order chi connectivity index (χ1) is 45.9. The smallest absolute Gasteiger partial charge is 0.405 e. The highest BCUT2D eigenvalue weighted by Gasteiger charge is 2.64. The highest BCUT2D eigenvalue weighted by molar-refractivity contribution is 9.10. The van der Waals surface area contributed by atoms with E-state index in [0.717, 1.165) is 105 Å². The van der Waals surface area contributed by atoms with Gasteiger partial charge in [-0.05, 0) is 182 Å². The SMILES string of the molecule is Brc1ccc(-c2cccc(-c3cccc(-c4nc(-c5ccccc5)c5ccccc5n4)c3)c2)cc1.CC1(C)OB(B2OC(C)(C)C(C)(C)O2)OC1(C)C.CC1(C)OB(c2ccc(-c3cccc(-c4cccc(-c5nc(-c6ccccc6)c6ccccc6n5)c4)c3)cc2)OC1(C)C. The molecular formula is C82H78B3BrN4O6. The minimum Gasteiger partial charge on any atom is -0.405 e. The van der Waals surface area contributed by atoms with Crippen molar-refractivity contribution in [2.75, 3.05) is 0 Å². The second kappa shape index (κ2) is 26.4. The van der Waals surface area contributed by atoms with E-state index in [1.807, 2.05) is 116 Å². The van der Waals surface area contributed by atoms with Crippen LogP contribution in [0.4, 0.5) is 0 Å². The minimum atomic E-state index is -0.476. The van der Waals surface area contributed by atoms with Gasteiger partial charge in [0.1, 0.15) is 0 Å². The largest absolute Gasteiger partial charge is 0.494 e. The summed E-state index contributed by atoms with van der Waals surface area (Å²) < 4.78 is 37.4. The molecule has 3 aliphatic rings. The van der Waals surface area contributed by atoms with Crippen LogP contribution in [0.2, 0.25) is 0 Å². The zero-order valence-electron chi connectivity index (χ0n) is 56.6. The molecule has 10 aromatic carbocycles. The van der Waals surface area contributed by atoms with Crippen molar-refractivity contribution < 1.29 is 27.9 Å². The Bertz CT molecular complexity index is 4700. The van der Waals surface area contributed by atoms with Crippen molar-refractivity contribution in [2.45, 2.75) is 117 Å². The summed E-state index contributed by atoms with van der Waals surface area (Å²) in [6.07, 6.45) is 0. The molecule has 96 heavy (non-hydrogen) atoms. The van der Waals surface area contributed by atoms with E-state index >= 15 is 0 Å². The van der Waals surface area contributed by atoms with E-state index in [2.05, 4.69) is 238 Å². The Labute approximate surface area is 574 Å². The Balaban J connectivity index is 0.000000141. The van der Waals surface area contributed by atoms with E-state index in [0.29, 0.717) is 5.82 Å². The van der Waals surface area contributed by atoms with Crippen LogP contribution in [-0.4, -0.2) is 74.7 Å². The third-order valence-electron chi connectivity index (χ3n) is 19.6. The molecule has 5 heterocycles. The monoisotopic (exact) mass is 1330 g/mol. The molecule has 0 saturated carbocycles. The quantitative estimate of drug-likeness (QED) is 0.123. The van der Waals surface area contributed by atoms with Gasteiger partial charge in [0, 0.05) is 37.5 Å². The summed E-state index contributed by atoms with van der Waals surface area (Å²) in [6, 6.07) is 88.2. The van der Waals surface area contributed by atoms with E-state index < -0.39 is 14.0 Å². The van der Waals surface area contributed by atoms with Crippen LogP contribution in [0.25, 0.3) is 112 Å². The third kappa shape index (κ3) is 13.7. The van der Waals surface area contributed by atoms with Crippen molar-refractivity contribution in [2.24, 2.45) is 0 Å². The number of fused-ring (bicyclic) bond motifs is 2. The minimum absolute atomic E-state index is 0.360. The first-order valence-electron chi connectivity index (χ1n) is 32.9. The molecule has 3 fully saturated rings. The lowest BCUT2D eigenvalue weighted by Crippen LogP contribution is -2.41. The molecule has 478 valence electrons. The van der Waals surface area contributed by atoms with Gasteiger partial charge in [-0.15, -0.1) is 0 Å². The Morgan fingerprint density at radius 3 is 0.906 bits per heavy atom. The van der Waals surface area contributed by atoms with E-state index in [1.165, 1.54) is 11.1 Å². The van der Waals surface area contributed by atoms with Crippen LogP contribution in [0, 0.1) is 0 Å². The van der Waals surface area contributed by atoms with Gasteiger partial charge in [0.15, 0.2) is 11.6 Å². The highest BCUT2D eigenvalue weighted by Crippen LogP contribution is 2.44. The predicted molar refractivity (Wildman–Crippen MR) is 398 cm³/mol. The molecule has 0 spiro atoms. The van der Waals surface area contributed by atoms with Crippen LogP contribution in [0.1, 0.15) is 83.1 Å². The molecule has 14 heteroatoms. The first-order valence-corrected chi connectivity index (χ1v) is 33.7. The average Bonchev–Trinajstić information content (AvgIpc) is 1.81. The molecule has 3 aliphatic heterocycles. The number of rotatable bonds is 10. The zero-order valence-corrected chi connectivity index (χ0v) is 58.2. The summed E-state index contributed by atoms with van der Waals surface area (Å²) in [5.41, 5.74) is 16.0. The van der Waals surface area contributed by atoms with Gasteiger partial charge in [0.25, 0.3) is 0 Å². The fourth-order valence-corrected chi connectivity index (χ4v) is 12.2. The summed E-state index contributed by atoms with van der Waals surface area (Å²) in [4.78, 5) is 20.0. The molecule has 0 aliphatic carbocycles. The zero-order chi connectivity index (χ0) is 67.2. The maximum Gasteiger partial charge on any atom is 0.494 e. The molecule has 0 N–H and O–H groups in total. The van der Waals surface area contributed by atoms with Crippen molar-refractivity contribution in [1.29, 1.82) is 0 Å². The molecule has 3 saturated heterocycles. The van der Waals surface area contributed by atoms with Gasteiger partial charge >= 0.3 is 21.1 Å². The van der Waals surface area contributed by atoms with Crippen molar-refractivity contribution >= 4 is 64.3 Å². The van der Waals surface area contributed by atoms with Gasteiger partial charge in [-0.2, -0.15) is 0 Å². The molecule has 0 atom stereocenters. The van der Waals surface area contributed by atoms with Crippen molar-refractivity contribution in [3.8, 4) is 89.8 Å².